The molecule has 0 aromatic heterocycles. The minimum Gasteiger partial charge on any atom is -0.330 e. The molecule has 0 bridgehead atoms. The van der Waals surface area contributed by atoms with Crippen molar-refractivity contribution < 1.29 is 5.65 Å². The topological polar surface area (TPSA) is 111 Å². The van der Waals surface area contributed by atoms with E-state index in [-0.39, 0.29) is 0 Å². The predicted molar refractivity (Wildman–Crippen MR) is 96.8 cm³/mol. The van der Waals surface area contributed by atoms with Crippen molar-refractivity contribution in [3.63, 3.8) is 0 Å². The van der Waals surface area contributed by atoms with E-state index in [9.17, 15) is 0 Å². The predicted octanol–water partition coefficient (Wildman–Crippen LogP) is -0.234. The van der Waals surface area contributed by atoms with Gasteiger partial charge in [-0.3, -0.25) is 0 Å². The maximum absolute atomic E-state index is 7.03. The van der Waals surface area contributed by atoms with Gasteiger partial charge in [0.15, 0.2) is 0 Å². The van der Waals surface area contributed by atoms with Crippen LogP contribution in [-0.2, 0) is 0 Å². The van der Waals surface area contributed by atoms with Gasteiger partial charge in [0, 0.05) is 0 Å². The second-order valence-electron chi connectivity index (χ2n) is 5.80. The number of hydrogen-bond donors (Lipinski definition) is 4. The normalized spacial score (nSPS) is 14.1. The number of unbranched alkanes of at least 4 members (excludes halogenated alkanes) is 1. The van der Waals surface area contributed by atoms with Gasteiger partial charge in [-0.15, -0.1) is 0 Å². The standard InChI is InChI=1S/C16H40N6/c17-7-3-13-21(14-4-8-18)11-1-2-12-22(15-5-9-19)16-6-10-20/h1-20H2/i/hD4. The summed E-state index contributed by atoms with van der Waals surface area (Å²) in [4.78, 5) is 4.88. The molecule has 8 N–H and O–H groups in total. The van der Waals surface area contributed by atoms with Crippen molar-refractivity contribution in [1.82, 2.24) is 9.80 Å². The van der Waals surface area contributed by atoms with Crippen molar-refractivity contribution in [2.45, 2.75) is 38.5 Å². The molecule has 0 amide bonds. The van der Waals surface area contributed by atoms with Crippen LogP contribution in [0.2, 0.25) is 5.65 Å². The molecule has 0 saturated carbocycles. The van der Waals surface area contributed by atoms with Gasteiger partial charge in [0.1, 0.15) is 5.65 Å². The van der Waals surface area contributed by atoms with E-state index in [4.69, 9.17) is 5.65 Å². The van der Waals surface area contributed by atoms with Crippen molar-refractivity contribution in [1.29, 1.82) is 0 Å². The summed E-state index contributed by atoms with van der Waals surface area (Å²) < 4.78 is 28.1. The highest BCUT2D eigenvalue weighted by molar-refractivity contribution is 4.63. The Balaban J connectivity index is 4.04. The molecule has 0 radical (unpaired) electrons. The lowest BCUT2D eigenvalue weighted by Crippen LogP contribution is -2.32. The van der Waals surface area contributed by atoms with Crippen LogP contribution in [0.1, 0.15) is 38.5 Å². The molecule has 0 heterocycles. The average Bonchev–Trinajstić information content (AvgIpc) is 2.64. The molecule has 6 heteroatoms. The fourth-order valence-corrected chi connectivity index (χ4v) is 2.55. The average molecular weight is 321 g/mol. The summed E-state index contributed by atoms with van der Waals surface area (Å²) in [5, 5.41) is 0. The molecular formula is C16H40N6. The van der Waals surface area contributed by atoms with Crippen LogP contribution in [0.15, 0.2) is 0 Å². The molecule has 0 aliphatic carbocycles. The third-order valence-electron chi connectivity index (χ3n) is 3.80. The lowest BCUT2D eigenvalue weighted by atomic mass is 10.2. The zero-order valence-electron chi connectivity index (χ0n) is 18.2. The molecule has 0 unspecified atom stereocenters. The second kappa shape index (κ2) is 17.1. The van der Waals surface area contributed by atoms with E-state index >= 15 is 0 Å². The van der Waals surface area contributed by atoms with Crippen LogP contribution in [0.4, 0.5) is 0 Å². The Morgan fingerprint density at radius 3 is 1.00 bits per heavy atom. The van der Waals surface area contributed by atoms with E-state index in [1.807, 2.05) is 0 Å². The Morgan fingerprint density at radius 2 is 0.727 bits per heavy atom. The third-order valence-corrected chi connectivity index (χ3v) is 3.80. The Hall–Kier alpha value is -0.240. The second-order valence-corrected chi connectivity index (χ2v) is 5.80. The summed E-state index contributed by atoms with van der Waals surface area (Å²) in [6.07, 6.45) is 6.20. The van der Waals surface area contributed by atoms with Gasteiger partial charge < -0.3 is 32.7 Å². The Bertz CT molecular complexity index is 233. The molecule has 0 aromatic carbocycles. The minimum atomic E-state index is 0.717. The molecular weight excluding hydrogens is 276 g/mol. The van der Waals surface area contributed by atoms with Crippen LogP contribution >= 0.6 is 0 Å². The molecule has 22 heavy (non-hydrogen) atoms. The van der Waals surface area contributed by atoms with E-state index in [1.54, 1.807) is 0 Å². The van der Waals surface area contributed by atoms with Crippen molar-refractivity contribution in [2.75, 3.05) is 65.4 Å². The van der Waals surface area contributed by atoms with Gasteiger partial charge >= 0.3 is 0 Å². The van der Waals surface area contributed by atoms with Crippen LogP contribution in [-0.4, -0.2) is 75.2 Å². The zero-order chi connectivity index (χ0) is 19.3. The SMILES string of the molecule is [2H]NCCCN(CCCCN(CCCN[2H])CCCN[2H])CCCN[2H]. The first-order chi connectivity index (χ1) is 12.8. The molecule has 0 fully saturated rings. The number of nitrogens with zero attached hydrogens (tertiary/aromatic N) is 2. The molecule has 0 aromatic rings. The first-order valence-electron chi connectivity index (χ1n) is 10.8. The fourth-order valence-electron chi connectivity index (χ4n) is 2.55. The Kier molecular flexibility index (Phi) is 11.9. The molecule has 0 aliphatic heterocycles. The Labute approximate surface area is 143 Å². The van der Waals surface area contributed by atoms with Crippen LogP contribution in [0, 0.1) is 0 Å². The summed E-state index contributed by atoms with van der Waals surface area (Å²) in [6.45, 7) is 8.98. The quantitative estimate of drug-likeness (QED) is 0.217. The van der Waals surface area contributed by atoms with Crippen LogP contribution in [0.25, 0.3) is 0 Å². The highest BCUT2D eigenvalue weighted by atomic mass is 15.1. The molecule has 134 valence electrons. The van der Waals surface area contributed by atoms with Gasteiger partial charge in [0.2, 0.25) is 0 Å². The van der Waals surface area contributed by atoms with Gasteiger partial charge in [0.25, 0.3) is 0 Å². The highest BCUT2D eigenvalue weighted by Gasteiger charge is 2.06. The van der Waals surface area contributed by atoms with E-state index in [1.165, 1.54) is 0 Å². The molecule has 0 aliphatic rings. The van der Waals surface area contributed by atoms with Gasteiger partial charge in [0.05, 0.1) is 0 Å². The fraction of sp³-hybridized carbons (Fsp3) is 1.00. The number of hydrogen-bond acceptors (Lipinski definition) is 6. The lowest BCUT2D eigenvalue weighted by Gasteiger charge is -2.24. The van der Waals surface area contributed by atoms with E-state index in [2.05, 4.69) is 32.7 Å². The van der Waals surface area contributed by atoms with Crippen LogP contribution in [0.3, 0.4) is 0 Å². The summed E-state index contributed by atoms with van der Waals surface area (Å²) in [6, 6.07) is 0. The number of nitrogens with two attached hydrogens (primary N) is 4. The van der Waals surface area contributed by atoms with Crippen LogP contribution in [0.5, 0.6) is 0 Å². The van der Waals surface area contributed by atoms with Gasteiger partial charge in [-0.05, 0) is 104 Å². The van der Waals surface area contributed by atoms with Gasteiger partial charge in [-0.2, -0.15) is 0 Å². The molecule has 6 nitrogen and oxygen atoms in total. The van der Waals surface area contributed by atoms with Crippen molar-refractivity contribution >= 4 is 0 Å². The highest BCUT2D eigenvalue weighted by Crippen LogP contribution is 2.02. The number of rotatable bonds is 21. The molecule has 0 spiro atoms. The summed E-state index contributed by atoms with van der Waals surface area (Å²) in [5.74, 6) is 0. The third kappa shape index (κ3) is 13.4. The van der Waals surface area contributed by atoms with E-state index in [0.29, 0.717) is 0 Å². The molecule has 0 atom stereocenters. The maximum Gasteiger partial charge on any atom is 0.118 e. The van der Waals surface area contributed by atoms with Crippen molar-refractivity contribution in [2.24, 2.45) is 22.9 Å². The minimum absolute atomic E-state index is 0.717. The van der Waals surface area contributed by atoms with Gasteiger partial charge in [-0.25, -0.2) is 0 Å². The summed E-state index contributed by atoms with van der Waals surface area (Å²) in [5.41, 5.74) is 9.83. The first-order valence-corrected chi connectivity index (χ1v) is 8.81. The smallest absolute Gasteiger partial charge is 0.118 e. The molecule has 0 rings (SSSR count). The first kappa shape index (κ1) is 15.3. The summed E-state index contributed by atoms with van der Waals surface area (Å²) >= 11 is 0. The van der Waals surface area contributed by atoms with E-state index < -0.39 is 0 Å². The van der Waals surface area contributed by atoms with E-state index in [0.717, 1.165) is 104 Å². The van der Waals surface area contributed by atoms with Crippen molar-refractivity contribution in [3.05, 3.63) is 0 Å². The zero-order valence-corrected chi connectivity index (χ0v) is 14.2. The monoisotopic (exact) mass is 320 g/mol. The van der Waals surface area contributed by atoms with Gasteiger partial charge in [-0.1, -0.05) is 0 Å². The summed E-state index contributed by atoms with van der Waals surface area (Å²) in [7, 11) is 0. The lowest BCUT2D eigenvalue weighted by molar-refractivity contribution is 0.237. The molecule has 0 saturated heterocycles. The Morgan fingerprint density at radius 1 is 0.455 bits per heavy atom. The van der Waals surface area contributed by atoms with Crippen molar-refractivity contribution in [3.8, 4) is 0 Å². The van der Waals surface area contributed by atoms with Crippen LogP contribution < -0.4 is 22.9 Å². The largest absolute Gasteiger partial charge is 0.330 e. The maximum atomic E-state index is 7.03.